The molecule has 3 rings (SSSR count). The standard InChI is InChI=1S/C20H15NO3/c22-20(24-23-18-7-2-1-3-8-18)11-10-16-6-4-5-9-19(16)17-12-14-21-15-13-17/h1-15H/b11-10+. The monoisotopic (exact) mass is 317 g/mol. The van der Waals surface area contributed by atoms with Gasteiger partial charge in [0.15, 0.2) is 5.75 Å². The molecule has 1 heterocycles. The van der Waals surface area contributed by atoms with E-state index in [1.54, 1.807) is 42.7 Å². The zero-order valence-corrected chi connectivity index (χ0v) is 12.8. The number of carbonyl (C=O) groups excluding carboxylic acids is 1. The number of hydrogen-bond acceptors (Lipinski definition) is 4. The molecule has 0 atom stereocenters. The average molecular weight is 317 g/mol. The van der Waals surface area contributed by atoms with Crippen LogP contribution < -0.4 is 4.89 Å². The Balaban J connectivity index is 1.69. The molecule has 3 aromatic rings. The highest BCUT2D eigenvalue weighted by molar-refractivity contribution is 5.88. The van der Waals surface area contributed by atoms with E-state index in [2.05, 4.69) is 4.98 Å². The maximum Gasteiger partial charge on any atom is 0.379 e. The third-order valence-electron chi connectivity index (χ3n) is 3.31. The van der Waals surface area contributed by atoms with E-state index in [1.807, 2.05) is 42.5 Å². The lowest BCUT2D eigenvalue weighted by atomic mass is 10.0. The van der Waals surface area contributed by atoms with Crippen molar-refractivity contribution in [3.05, 3.63) is 90.8 Å². The summed E-state index contributed by atoms with van der Waals surface area (Å²) in [6, 6.07) is 20.5. The normalized spacial score (nSPS) is 10.5. The van der Waals surface area contributed by atoms with E-state index in [9.17, 15) is 4.79 Å². The Labute approximate surface area is 139 Å². The minimum atomic E-state index is -0.580. The molecule has 2 aromatic carbocycles. The summed E-state index contributed by atoms with van der Waals surface area (Å²) in [4.78, 5) is 25.5. The largest absolute Gasteiger partial charge is 0.379 e. The molecule has 0 unspecified atom stereocenters. The third kappa shape index (κ3) is 4.08. The fourth-order valence-electron chi connectivity index (χ4n) is 2.19. The van der Waals surface area contributed by atoms with Crippen LogP contribution in [-0.4, -0.2) is 11.0 Å². The SMILES string of the molecule is O=C(/C=C/c1ccccc1-c1ccncc1)OOc1ccccc1. The Kier molecular flexibility index (Phi) is 5.00. The van der Waals surface area contributed by atoms with Crippen LogP contribution in [0.2, 0.25) is 0 Å². The van der Waals surface area contributed by atoms with Crippen LogP contribution in [0.1, 0.15) is 5.56 Å². The van der Waals surface area contributed by atoms with Crippen molar-refractivity contribution in [1.82, 2.24) is 4.98 Å². The molecule has 0 N–H and O–H groups in total. The number of rotatable bonds is 5. The van der Waals surface area contributed by atoms with E-state index >= 15 is 0 Å². The van der Waals surface area contributed by atoms with Crippen molar-refractivity contribution in [1.29, 1.82) is 0 Å². The summed E-state index contributed by atoms with van der Waals surface area (Å²) < 4.78 is 0. The molecule has 4 nitrogen and oxygen atoms in total. The summed E-state index contributed by atoms with van der Waals surface area (Å²) in [5, 5.41) is 0. The van der Waals surface area contributed by atoms with Crippen molar-refractivity contribution in [2.45, 2.75) is 0 Å². The van der Waals surface area contributed by atoms with Gasteiger partial charge >= 0.3 is 5.97 Å². The summed E-state index contributed by atoms with van der Waals surface area (Å²) in [6.45, 7) is 0. The lowest BCUT2D eigenvalue weighted by Gasteiger charge is -2.05. The molecule has 0 aliphatic rings. The lowest BCUT2D eigenvalue weighted by Crippen LogP contribution is -2.04. The number of hydrogen-bond donors (Lipinski definition) is 0. The maximum absolute atomic E-state index is 11.8. The van der Waals surface area contributed by atoms with Gasteiger partial charge in [-0.1, -0.05) is 42.5 Å². The van der Waals surface area contributed by atoms with Gasteiger partial charge < -0.3 is 0 Å². The van der Waals surface area contributed by atoms with Crippen molar-refractivity contribution >= 4 is 12.0 Å². The highest BCUT2D eigenvalue weighted by Crippen LogP contribution is 2.23. The molecule has 24 heavy (non-hydrogen) atoms. The molecule has 0 fully saturated rings. The molecule has 0 saturated heterocycles. The zero-order valence-electron chi connectivity index (χ0n) is 12.8. The van der Waals surface area contributed by atoms with Gasteiger partial charge in [-0.15, -0.1) is 0 Å². The minimum Gasteiger partial charge on any atom is -0.287 e. The average Bonchev–Trinajstić information content (AvgIpc) is 2.66. The van der Waals surface area contributed by atoms with Crippen LogP contribution in [0.5, 0.6) is 5.75 Å². The number of pyridine rings is 1. The summed E-state index contributed by atoms with van der Waals surface area (Å²) in [5.74, 6) is -0.111. The second-order valence-electron chi connectivity index (χ2n) is 4.96. The van der Waals surface area contributed by atoms with Gasteiger partial charge in [-0.2, -0.15) is 0 Å². The van der Waals surface area contributed by atoms with E-state index in [1.165, 1.54) is 6.08 Å². The van der Waals surface area contributed by atoms with Crippen molar-refractivity contribution in [3.63, 3.8) is 0 Å². The Morgan fingerprint density at radius 2 is 1.58 bits per heavy atom. The lowest BCUT2D eigenvalue weighted by molar-refractivity contribution is -0.207. The quantitative estimate of drug-likeness (QED) is 0.400. The number of nitrogens with zero attached hydrogens (tertiary/aromatic N) is 1. The number of para-hydroxylation sites is 1. The van der Waals surface area contributed by atoms with E-state index in [0.717, 1.165) is 16.7 Å². The van der Waals surface area contributed by atoms with Crippen LogP contribution in [0.25, 0.3) is 17.2 Å². The van der Waals surface area contributed by atoms with Crippen molar-refractivity contribution < 1.29 is 14.6 Å². The summed E-state index contributed by atoms with van der Waals surface area (Å²) in [5.41, 5.74) is 2.94. The number of aromatic nitrogens is 1. The van der Waals surface area contributed by atoms with Crippen LogP contribution in [0, 0.1) is 0 Å². The fraction of sp³-hybridized carbons (Fsp3) is 0. The van der Waals surface area contributed by atoms with Crippen molar-refractivity contribution in [2.24, 2.45) is 0 Å². The van der Waals surface area contributed by atoms with Crippen molar-refractivity contribution in [3.8, 4) is 16.9 Å². The molecule has 0 saturated carbocycles. The van der Waals surface area contributed by atoms with Gasteiger partial charge in [0.05, 0.1) is 0 Å². The van der Waals surface area contributed by atoms with Gasteiger partial charge in [-0.25, -0.2) is 9.68 Å². The Morgan fingerprint density at radius 1 is 0.875 bits per heavy atom. The second kappa shape index (κ2) is 7.74. The van der Waals surface area contributed by atoms with Gasteiger partial charge in [0.2, 0.25) is 0 Å². The molecule has 1 aromatic heterocycles. The molecule has 0 amide bonds. The fourth-order valence-corrected chi connectivity index (χ4v) is 2.19. The predicted molar refractivity (Wildman–Crippen MR) is 91.9 cm³/mol. The number of carbonyl (C=O) groups is 1. The smallest absolute Gasteiger partial charge is 0.287 e. The summed E-state index contributed by atoms with van der Waals surface area (Å²) in [6.07, 6.45) is 6.50. The number of benzene rings is 2. The van der Waals surface area contributed by atoms with Crippen LogP contribution in [-0.2, 0) is 9.68 Å². The van der Waals surface area contributed by atoms with E-state index in [0.29, 0.717) is 5.75 Å². The third-order valence-corrected chi connectivity index (χ3v) is 3.31. The van der Waals surface area contributed by atoms with Crippen LogP contribution in [0.3, 0.4) is 0 Å². The van der Waals surface area contributed by atoms with Crippen LogP contribution in [0.4, 0.5) is 0 Å². The molecule has 4 heteroatoms. The van der Waals surface area contributed by atoms with E-state index < -0.39 is 5.97 Å². The minimum absolute atomic E-state index is 0.469. The maximum atomic E-state index is 11.8. The Hall–Kier alpha value is -3.40. The van der Waals surface area contributed by atoms with Crippen molar-refractivity contribution in [2.75, 3.05) is 0 Å². The summed E-state index contributed by atoms with van der Waals surface area (Å²) in [7, 11) is 0. The van der Waals surface area contributed by atoms with E-state index in [4.69, 9.17) is 9.78 Å². The predicted octanol–water partition coefficient (Wildman–Crippen LogP) is 4.30. The first-order valence-corrected chi connectivity index (χ1v) is 7.44. The Bertz CT molecular complexity index is 830. The van der Waals surface area contributed by atoms with Gasteiger partial charge in [0, 0.05) is 18.5 Å². The molecule has 0 aliphatic carbocycles. The first-order valence-electron chi connectivity index (χ1n) is 7.44. The van der Waals surface area contributed by atoms with E-state index in [-0.39, 0.29) is 0 Å². The molecule has 0 spiro atoms. The Morgan fingerprint density at radius 3 is 2.38 bits per heavy atom. The van der Waals surface area contributed by atoms with Crippen LogP contribution in [0.15, 0.2) is 85.2 Å². The van der Waals surface area contributed by atoms with Gasteiger partial charge in [-0.05, 0) is 47.0 Å². The second-order valence-corrected chi connectivity index (χ2v) is 4.96. The molecule has 118 valence electrons. The summed E-state index contributed by atoms with van der Waals surface area (Å²) >= 11 is 0. The highest BCUT2D eigenvalue weighted by atomic mass is 17.2. The molecule has 0 radical (unpaired) electrons. The van der Waals surface area contributed by atoms with Gasteiger partial charge in [0.1, 0.15) is 0 Å². The van der Waals surface area contributed by atoms with Crippen LogP contribution >= 0.6 is 0 Å². The first-order chi connectivity index (χ1) is 11.8. The topological polar surface area (TPSA) is 48.4 Å². The molecule has 0 aliphatic heterocycles. The van der Waals surface area contributed by atoms with Gasteiger partial charge in [0.25, 0.3) is 0 Å². The zero-order chi connectivity index (χ0) is 16.6. The molecular formula is C20H15NO3. The van der Waals surface area contributed by atoms with Gasteiger partial charge in [-0.3, -0.25) is 9.87 Å². The first kappa shape index (κ1) is 15.5. The molecular weight excluding hydrogens is 302 g/mol. The molecule has 0 bridgehead atoms. The highest BCUT2D eigenvalue weighted by Gasteiger charge is 2.04.